The number of aromatic nitrogens is 1. The minimum atomic E-state index is -0.125. The highest BCUT2D eigenvalue weighted by Crippen LogP contribution is 2.34. The molecular formula is C13H17ClN2O. The van der Waals surface area contributed by atoms with Crippen LogP contribution in [0.4, 0.5) is 0 Å². The van der Waals surface area contributed by atoms with Crippen LogP contribution in [0.3, 0.4) is 0 Å². The number of pyridine rings is 1. The van der Waals surface area contributed by atoms with Crippen LogP contribution in [0.15, 0.2) is 18.3 Å². The summed E-state index contributed by atoms with van der Waals surface area (Å²) in [5.41, 5.74) is 0.395. The van der Waals surface area contributed by atoms with Gasteiger partial charge in [-0.2, -0.15) is 0 Å². The van der Waals surface area contributed by atoms with Gasteiger partial charge >= 0.3 is 0 Å². The first-order chi connectivity index (χ1) is 8.19. The number of halogens is 1. The standard InChI is InChI=1S/C13H17ClN2O/c1-2-11(7-9-3-4-9)16-13(17)12-8-10(14)5-6-15-12/h5-6,8-9,11H,2-4,7H2,1H3,(H,16,17). The van der Waals surface area contributed by atoms with Crippen LogP contribution in [-0.2, 0) is 0 Å². The molecule has 1 aliphatic carbocycles. The number of carbonyl (C=O) groups excluding carboxylic acids is 1. The van der Waals surface area contributed by atoms with Gasteiger partial charge in [0, 0.05) is 17.3 Å². The largest absolute Gasteiger partial charge is 0.348 e. The van der Waals surface area contributed by atoms with Crippen LogP contribution < -0.4 is 5.32 Å². The smallest absolute Gasteiger partial charge is 0.270 e. The van der Waals surface area contributed by atoms with Crippen molar-refractivity contribution < 1.29 is 4.79 Å². The quantitative estimate of drug-likeness (QED) is 0.875. The normalized spacial score (nSPS) is 16.6. The number of rotatable bonds is 5. The van der Waals surface area contributed by atoms with Crippen molar-refractivity contribution in [3.63, 3.8) is 0 Å². The summed E-state index contributed by atoms with van der Waals surface area (Å²) < 4.78 is 0. The molecule has 1 atom stereocenters. The van der Waals surface area contributed by atoms with E-state index in [1.807, 2.05) is 0 Å². The lowest BCUT2D eigenvalue weighted by atomic mass is 10.1. The lowest BCUT2D eigenvalue weighted by molar-refractivity contribution is 0.0927. The lowest BCUT2D eigenvalue weighted by Gasteiger charge is -2.16. The van der Waals surface area contributed by atoms with Crippen molar-refractivity contribution in [2.45, 2.75) is 38.6 Å². The first-order valence-electron chi connectivity index (χ1n) is 6.11. The van der Waals surface area contributed by atoms with E-state index < -0.39 is 0 Å². The van der Waals surface area contributed by atoms with Crippen LogP contribution in [0.5, 0.6) is 0 Å². The average molecular weight is 253 g/mol. The molecule has 0 radical (unpaired) electrons. The van der Waals surface area contributed by atoms with Crippen LogP contribution in [0.2, 0.25) is 5.02 Å². The van der Waals surface area contributed by atoms with Gasteiger partial charge < -0.3 is 5.32 Å². The van der Waals surface area contributed by atoms with Crippen LogP contribution in [0, 0.1) is 5.92 Å². The Bertz CT molecular complexity index is 404. The van der Waals surface area contributed by atoms with Crippen molar-refractivity contribution in [1.29, 1.82) is 0 Å². The first kappa shape index (κ1) is 12.4. The van der Waals surface area contributed by atoms with Crippen molar-refractivity contribution in [2.75, 3.05) is 0 Å². The van der Waals surface area contributed by atoms with Gasteiger partial charge in [0.15, 0.2) is 0 Å². The molecule has 1 N–H and O–H groups in total. The van der Waals surface area contributed by atoms with Crippen molar-refractivity contribution in [3.8, 4) is 0 Å². The number of hydrogen-bond donors (Lipinski definition) is 1. The Morgan fingerprint density at radius 2 is 2.41 bits per heavy atom. The van der Waals surface area contributed by atoms with Gasteiger partial charge in [-0.1, -0.05) is 31.4 Å². The Kier molecular flexibility index (Phi) is 4.00. The molecule has 17 heavy (non-hydrogen) atoms. The molecule has 1 fully saturated rings. The Labute approximate surface area is 107 Å². The fourth-order valence-corrected chi connectivity index (χ4v) is 2.03. The van der Waals surface area contributed by atoms with Crippen LogP contribution in [0.1, 0.15) is 43.1 Å². The Morgan fingerprint density at radius 1 is 1.65 bits per heavy atom. The molecule has 1 heterocycles. The fraction of sp³-hybridized carbons (Fsp3) is 0.538. The number of nitrogens with one attached hydrogen (secondary N) is 1. The summed E-state index contributed by atoms with van der Waals surface area (Å²) in [7, 11) is 0. The molecule has 0 bridgehead atoms. The maximum Gasteiger partial charge on any atom is 0.270 e. The molecule has 0 saturated heterocycles. The molecule has 0 spiro atoms. The van der Waals surface area contributed by atoms with Crippen molar-refractivity contribution in [3.05, 3.63) is 29.0 Å². The van der Waals surface area contributed by atoms with E-state index in [0.29, 0.717) is 10.7 Å². The summed E-state index contributed by atoms with van der Waals surface area (Å²) in [6, 6.07) is 3.52. The predicted molar refractivity (Wildman–Crippen MR) is 68.1 cm³/mol. The van der Waals surface area contributed by atoms with Crippen LogP contribution >= 0.6 is 11.6 Å². The minimum Gasteiger partial charge on any atom is -0.348 e. The molecule has 1 amide bonds. The molecule has 1 aromatic rings. The summed E-state index contributed by atoms with van der Waals surface area (Å²) >= 11 is 5.83. The maximum atomic E-state index is 11.9. The summed E-state index contributed by atoms with van der Waals surface area (Å²) in [6.45, 7) is 2.10. The van der Waals surface area contributed by atoms with Gasteiger partial charge in [0.25, 0.3) is 5.91 Å². The van der Waals surface area contributed by atoms with Gasteiger partial charge in [-0.3, -0.25) is 9.78 Å². The molecule has 4 heteroatoms. The molecule has 1 aliphatic rings. The zero-order valence-corrected chi connectivity index (χ0v) is 10.7. The highest BCUT2D eigenvalue weighted by atomic mass is 35.5. The van der Waals surface area contributed by atoms with Crippen LogP contribution in [0.25, 0.3) is 0 Å². The second kappa shape index (κ2) is 5.50. The van der Waals surface area contributed by atoms with E-state index in [-0.39, 0.29) is 11.9 Å². The van der Waals surface area contributed by atoms with Crippen LogP contribution in [-0.4, -0.2) is 16.9 Å². The Morgan fingerprint density at radius 3 is 3.00 bits per heavy atom. The molecule has 1 unspecified atom stereocenters. The average Bonchev–Trinajstić information content (AvgIpc) is 3.12. The van der Waals surface area contributed by atoms with E-state index in [1.54, 1.807) is 18.3 Å². The van der Waals surface area contributed by atoms with E-state index >= 15 is 0 Å². The predicted octanol–water partition coefficient (Wildman–Crippen LogP) is 3.04. The van der Waals surface area contributed by atoms with Gasteiger partial charge in [0.2, 0.25) is 0 Å². The second-order valence-electron chi connectivity index (χ2n) is 4.62. The van der Waals surface area contributed by atoms with Gasteiger partial charge in [0.05, 0.1) is 0 Å². The second-order valence-corrected chi connectivity index (χ2v) is 5.05. The highest BCUT2D eigenvalue weighted by molar-refractivity contribution is 6.30. The van der Waals surface area contributed by atoms with E-state index in [1.165, 1.54) is 12.8 Å². The topological polar surface area (TPSA) is 42.0 Å². The highest BCUT2D eigenvalue weighted by Gasteiger charge is 2.25. The summed E-state index contributed by atoms with van der Waals surface area (Å²) in [4.78, 5) is 16.0. The van der Waals surface area contributed by atoms with E-state index in [2.05, 4.69) is 17.2 Å². The van der Waals surface area contributed by atoms with Gasteiger partial charge in [-0.05, 0) is 30.9 Å². The van der Waals surface area contributed by atoms with Gasteiger partial charge in [-0.15, -0.1) is 0 Å². The molecular weight excluding hydrogens is 236 g/mol. The summed E-state index contributed by atoms with van der Waals surface area (Å²) in [6.07, 6.45) is 6.22. The third-order valence-corrected chi connectivity index (χ3v) is 3.33. The molecule has 1 aromatic heterocycles. The summed E-state index contributed by atoms with van der Waals surface area (Å²) in [5.74, 6) is 0.688. The summed E-state index contributed by atoms with van der Waals surface area (Å²) in [5, 5.41) is 3.56. The SMILES string of the molecule is CCC(CC1CC1)NC(=O)c1cc(Cl)ccn1. The van der Waals surface area contributed by atoms with E-state index in [9.17, 15) is 4.79 Å². The first-order valence-corrected chi connectivity index (χ1v) is 6.49. The number of nitrogens with zero attached hydrogens (tertiary/aromatic N) is 1. The lowest BCUT2D eigenvalue weighted by Crippen LogP contribution is -2.35. The third-order valence-electron chi connectivity index (χ3n) is 3.10. The zero-order valence-electron chi connectivity index (χ0n) is 9.95. The van der Waals surface area contributed by atoms with Gasteiger partial charge in [0.1, 0.15) is 5.69 Å². The third kappa shape index (κ3) is 3.70. The Balaban J connectivity index is 1.94. The fourth-order valence-electron chi connectivity index (χ4n) is 1.87. The minimum absolute atomic E-state index is 0.125. The Hall–Kier alpha value is -1.09. The van der Waals surface area contributed by atoms with Crippen molar-refractivity contribution in [2.24, 2.45) is 5.92 Å². The number of carbonyl (C=O) groups is 1. The van der Waals surface area contributed by atoms with E-state index in [4.69, 9.17) is 11.6 Å². The molecule has 0 aliphatic heterocycles. The molecule has 1 saturated carbocycles. The maximum absolute atomic E-state index is 11.9. The number of amides is 1. The molecule has 3 nitrogen and oxygen atoms in total. The van der Waals surface area contributed by atoms with Crippen molar-refractivity contribution in [1.82, 2.24) is 10.3 Å². The monoisotopic (exact) mass is 252 g/mol. The molecule has 0 aromatic carbocycles. The van der Waals surface area contributed by atoms with Crippen molar-refractivity contribution >= 4 is 17.5 Å². The van der Waals surface area contributed by atoms with E-state index in [0.717, 1.165) is 18.8 Å². The van der Waals surface area contributed by atoms with Gasteiger partial charge in [-0.25, -0.2) is 0 Å². The number of hydrogen-bond acceptors (Lipinski definition) is 2. The molecule has 2 rings (SSSR count). The molecule has 92 valence electrons. The zero-order chi connectivity index (χ0) is 12.3.